The zero-order valence-corrected chi connectivity index (χ0v) is 11.6. The molecule has 1 aromatic rings. The summed E-state index contributed by atoms with van der Waals surface area (Å²) in [4.78, 5) is 32.3. The third kappa shape index (κ3) is 3.88. The molecule has 0 aliphatic heterocycles. The lowest BCUT2D eigenvalue weighted by Gasteiger charge is -2.08. The molecule has 0 heterocycles. The van der Waals surface area contributed by atoms with E-state index >= 15 is 0 Å². The predicted molar refractivity (Wildman–Crippen MR) is 74.5 cm³/mol. The molecule has 0 radical (unpaired) electrons. The molecule has 1 rings (SSSR count). The number of nitrogens with zero attached hydrogens (tertiary/aromatic N) is 2. The molecule has 0 amide bonds. The van der Waals surface area contributed by atoms with Crippen LogP contribution in [0.15, 0.2) is 12.1 Å². The minimum absolute atomic E-state index is 0.0657. The van der Waals surface area contributed by atoms with Crippen molar-refractivity contribution in [2.45, 2.75) is 20.3 Å². The third-order valence-corrected chi connectivity index (χ3v) is 2.55. The number of carbonyl (C=O) groups excluding carboxylic acids is 1. The van der Waals surface area contributed by atoms with Gasteiger partial charge in [0.05, 0.1) is 22.0 Å². The Kier molecular flexibility index (Phi) is 5.58. The Morgan fingerprint density at radius 2 is 1.71 bits per heavy atom. The first-order valence-corrected chi connectivity index (χ1v) is 6.30. The van der Waals surface area contributed by atoms with Crippen LogP contribution < -0.4 is 5.32 Å². The number of benzene rings is 1. The summed E-state index contributed by atoms with van der Waals surface area (Å²) in [5.74, 6) is -0.842. The van der Waals surface area contributed by atoms with Crippen LogP contribution in [0.1, 0.15) is 30.6 Å². The molecule has 0 spiro atoms. The van der Waals surface area contributed by atoms with Gasteiger partial charge in [-0.05, 0) is 13.3 Å². The molecule has 0 atom stereocenters. The Morgan fingerprint density at radius 1 is 1.19 bits per heavy atom. The van der Waals surface area contributed by atoms with Crippen LogP contribution in [0.5, 0.6) is 0 Å². The SMILES string of the molecule is CCCNc1c([N+](=O)[O-])cc(C(=O)OCC)cc1[N+](=O)[O-]. The van der Waals surface area contributed by atoms with Crippen molar-refractivity contribution < 1.29 is 19.4 Å². The van der Waals surface area contributed by atoms with Gasteiger partial charge in [-0.25, -0.2) is 4.79 Å². The monoisotopic (exact) mass is 297 g/mol. The van der Waals surface area contributed by atoms with E-state index in [4.69, 9.17) is 4.74 Å². The predicted octanol–water partition coefficient (Wildman–Crippen LogP) is 2.50. The number of ether oxygens (including phenoxy) is 1. The average Bonchev–Trinajstić information content (AvgIpc) is 2.44. The highest BCUT2D eigenvalue weighted by atomic mass is 16.6. The lowest BCUT2D eigenvalue weighted by molar-refractivity contribution is -0.392. The normalized spacial score (nSPS) is 10.0. The number of carbonyl (C=O) groups is 1. The van der Waals surface area contributed by atoms with E-state index in [1.165, 1.54) is 0 Å². The Labute approximate surface area is 120 Å². The van der Waals surface area contributed by atoms with Gasteiger partial charge in [-0.15, -0.1) is 0 Å². The maximum absolute atomic E-state index is 11.6. The molecule has 9 nitrogen and oxygen atoms in total. The summed E-state index contributed by atoms with van der Waals surface area (Å²) in [7, 11) is 0. The van der Waals surface area contributed by atoms with Crippen molar-refractivity contribution in [1.82, 2.24) is 0 Å². The molecule has 9 heteroatoms. The first-order valence-electron chi connectivity index (χ1n) is 6.30. The second kappa shape index (κ2) is 7.17. The Bertz CT molecular complexity index is 537. The molecular formula is C12H15N3O6. The van der Waals surface area contributed by atoms with Gasteiger partial charge in [0.25, 0.3) is 11.4 Å². The van der Waals surface area contributed by atoms with E-state index in [1.807, 2.05) is 6.92 Å². The fourth-order valence-electron chi connectivity index (χ4n) is 1.66. The summed E-state index contributed by atoms with van der Waals surface area (Å²) in [6.07, 6.45) is 0.633. The van der Waals surface area contributed by atoms with Crippen LogP contribution >= 0.6 is 0 Å². The topological polar surface area (TPSA) is 125 Å². The van der Waals surface area contributed by atoms with Crippen LogP contribution in [-0.2, 0) is 4.74 Å². The Balaban J connectivity index is 3.44. The number of nitro groups is 2. The van der Waals surface area contributed by atoms with Crippen LogP contribution in [0.25, 0.3) is 0 Å². The quantitative estimate of drug-likeness (QED) is 0.465. The second-order valence-electron chi connectivity index (χ2n) is 4.05. The molecule has 21 heavy (non-hydrogen) atoms. The average molecular weight is 297 g/mol. The molecule has 0 aliphatic carbocycles. The van der Waals surface area contributed by atoms with E-state index in [9.17, 15) is 25.0 Å². The van der Waals surface area contributed by atoms with Gasteiger partial charge < -0.3 is 10.1 Å². The van der Waals surface area contributed by atoms with Gasteiger partial charge in [-0.3, -0.25) is 20.2 Å². The lowest BCUT2D eigenvalue weighted by Crippen LogP contribution is -2.10. The first-order chi connectivity index (χ1) is 9.92. The zero-order valence-electron chi connectivity index (χ0n) is 11.6. The van der Waals surface area contributed by atoms with Crippen molar-refractivity contribution in [1.29, 1.82) is 0 Å². The van der Waals surface area contributed by atoms with Gasteiger partial charge in [0, 0.05) is 18.7 Å². The summed E-state index contributed by atoms with van der Waals surface area (Å²) < 4.78 is 4.71. The van der Waals surface area contributed by atoms with E-state index in [1.54, 1.807) is 6.92 Å². The van der Waals surface area contributed by atoms with Crippen LogP contribution in [0, 0.1) is 20.2 Å². The molecule has 0 aromatic heterocycles. The van der Waals surface area contributed by atoms with Crippen LogP contribution in [0.2, 0.25) is 0 Å². The number of nitro benzene ring substituents is 2. The van der Waals surface area contributed by atoms with Gasteiger partial charge in [-0.1, -0.05) is 6.92 Å². The largest absolute Gasteiger partial charge is 0.462 e. The summed E-state index contributed by atoms with van der Waals surface area (Å²) in [6, 6.07) is 1.95. The second-order valence-corrected chi connectivity index (χ2v) is 4.05. The fraction of sp³-hybridized carbons (Fsp3) is 0.417. The van der Waals surface area contributed by atoms with Crippen molar-refractivity contribution in [3.8, 4) is 0 Å². The smallest absolute Gasteiger partial charge is 0.338 e. The van der Waals surface area contributed by atoms with Crippen molar-refractivity contribution in [3.05, 3.63) is 37.9 Å². The fourth-order valence-corrected chi connectivity index (χ4v) is 1.66. The van der Waals surface area contributed by atoms with Gasteiger partial charge in [0.2, 0.25) is 0 Å². The molecule has 1 N–H and O–H groups in total. The van der Waals surface area contributed by atoms with Gasteiger partial charge in [0.15, 0.2) is 5.69 Å². The third-order valence-electron chi connectivity index (χ3n) is 2.55. The summed E-state index contributed by atoms with van der Waals surface area (Å²) >= 11 is 0. The first kappa shape index (κ1) is 16.3. The summed E-state index contributed by atoms with van der Waals surface area (Å²) in [6.45, 7) is 3.78. The molecule has 114 valence electrons. The number of hydrogen-bond donors (Lipinski definition) is 1. The van der Waals surface area contributed by atoms with Crippen LogP contribution in [-0.4, -0.2) is 29.0 Å². The molecule has 0 bridgehead atoms. The van der Waals surface area contributed by atoms with E-state index in [0.717, 1.165) is 12.1 Å². The molecule has 0 unspecified atom stereocenters. The van der Waals surface area contributed by atoms with E-state index < -0.39 is 27.2 Å². The number of esters is 1. The van der Waals surface area contributed by atoms with Gasteiger partial charge >= 0.3 is 5.97 Å². The van der Waals surface area contributed by atoms with Crippen molar-refractivity contribution in [2.24, 2.45) is 0 Å². The highest BCUT2D eigenvalue weighted by molar-refractivity contribution is 5.93. The Hall–Kier alpha value is -2.71. The van der Waals surface area contributed by atoms with Crippen molar-refractivity contribution >= 4 is 23.0 Å². The zero-order chi connectivity index (χ0) is 16.0. The number of nitrogens with one attached hydrogen (secondary N) is 1. The molecular weight excluding hydrogens is 282 g/mol. The number of hydrogen-bond acceptors (Lipinski definition) is 7. The van der Waals surface area contributed by atoms with Crippen molar-refractivity contribution in [3.63, 3.8) is 0 Å². The maximum atomic E-state index is 11.6. The minimum Gasteiger partial charge on any atom is -0.462 e. The van der Waals surface area contributed by atoms with Gasteiger partial charge in [0.1, 0.15) is 0 Å². The lowest BCUT2D eigenvalue weighted by atomic mass is 10.1. The number of anilines is 1. The Morgan fingerprint density at radius 3 is 2.10 bits per heavy atom. The van der Waals surface area contributed by atoms with E-state index in [2.05, 4.69) is 5.32 Å². The molecule has 0 fully saturated rings. The number of rotatable bonds is 7. The maximum Gasteiger partial charge on any atom is 0.338 e. The van der Waals surface area contributed by atoms with E-state index in [0.29, 0.717) is 13.0 Å². The molecule has 0 saturated carbocycles. The highest BCUT2D eigenvalue weighted by Gasteiger charge is 2.28. The van der Waals surface area contributed by atoms with Crippen LogP contribution in [0.4, 0.5) is 17.1 Å². The van der Waals surface area contributed by atoms with Crippen LogP contribution in [0.3, 0.4) is 0 Å². The highest BCUT2D eigenvalue weighted by Crippen LogP contribution is 2.35. The minimum atomic E-state index is -0.842. The molecule has 1 aromatic carbocycles. The summed E-state index contributed by atoms with van der Waals surface area (Å²) in [5.41, 5.74) is -1.49. The van der Waals surface area contributed by atoms with Gasteiger partial charge in [-0.2, -0.15) is 0 Å². The standard InChI is InChI=1S/C12H15N3O6/c1-3-5-13-11-9(14(17)18)6-8(12(16)21-4-2)7-10(11)15(19)20/h6-7,13H,3-5H2,1-2H3. The molecule has 0 saturated heterocycles. The molecule has 0 aliphatic rings. The van der Waals surface area contributed by atoms with E-state index in [-0.39, 0.29) is 17.9 Å². The summed E-state index contributed by atoms with van der Waals surface area (Å²) in [5, 5.41) is 24.8. The van der Waals surface area contributed by atoms with Crippen molar-refractivity contribution in [2.75, 3.05) is 18.5 Å².